The Hall–Kier alpha value is -1.48. The van der Waals surface area contributed by atoms with Crippen LogP contribution in [0.1, 0.15) is 32.4 Å². The minimum absolute atomic E-state index is 0.0685. The molecule has 132 valence electrons. The average molecular weight is 419 g/mol. The van der Waals surface area contributed by atoms with Crippen LogP contribution in [-0.2, 0) is 24.2 Å². The quantitative estimate of drug-likeness (QED) is 0.656. The van der Waals surface area contributed by atoms with E-state index in [1.54, 1.807) is 6.20 Å². The van der Waals surface area contributed by atoms with Crippen LogP contribution in [0.15, 0.2) is 28.0 Å². The maximum absolute atomic E-state index is 11.9. The summed E-state index contributed by atoms with van der Waals surface area (Å²) in [6, 6.07) is 3.70. The van der Waals surface area contributed by atoms with E-state index in [9.17, 15) is 13.2 Å². The van der Waals surface area contributed by atoms with E-state index < -0.39 is 20.6 Å². The molecule has 0 spiro atoms. The summed E-state index contributed by atoms with van der Waals surface area (Å²) in [5.74, 6) is -0.765. The Kier molecular flexibility index (Phi) is 5.64. The lowest BCUT2D eigenvalue weighted by Gasteiger charge is -2.20. The molecule has 1 atom stereocenters. The Labute approximate surface area is 149 Å². The molecular weight excluding hydrogens is 400 g/mol. The molecule has 0 fully saturated rings. The predicted molar refractivity (Wildman–Crippen MR) is 92.5 cm³/mol. The highest BCUT2D eigenvalue weighted by atomic mass is 79.9. The lowest BCUT2D eigenvalue weighted by atomic mass is 10.1. The summed E-state index contributed by atoms with van der Waals surface area (Å²) in [6.45, 7) is 2.73. The number of halogens is 1. The number of esters is 1. The largest absolute Gasteiger partial charge is 0.464 e. The van der Waals surface area contributed by atoms with E-state index in [1.807, 2.05) is 12.1 Å². The third-order valence-corrected chi connectivity index (χ3v) is 6.34. The molecule has 1 aromatic rings. The average Bonchev–Trinajstić information content (AvgIpc) is 2.95. The Bertz CT molecular complexity index is 744. The maximum Gasteiger partial charge on any atom is 0.326 e. The number of oxime groups is 1. The molecule has 0 saturated heterocycles. The summed E-state index contributed by atoms with van der Waals surface area (Å²) in [5, 5.41) is 4.01. The first-order valence-corrected chi connectivity index (χ1v) is 10.0. The van der Waals surface area contributed by atoms with Crippen molar-refractivity contribution in [3.05, 3.63) is 28.5 Å². The molecule has 0 radical (unpaired) electrons. The molecular formula is C15H19BrN2O5S. The van der Waals surface area contributed by atoms with E-state index in [1.165, 1.54) is 13.8 Å². The van der Waals surface area contributed by atoms with Gasteiger partial charge in [0.25, 0.3) is 0 Å². The van der Waals surface area contributed by atoms with Gasteiger partial charge in [-0.3, -0.25) is 9.78 Å². The second-order valence-electron chi connectivity index (χ2n) is 6.04. The van der Waals surface area contributed by atoms with Crippen molar-refractivity contribution in [2.75, 3.05) is 12.9 Å². The van der Waals surface area contributed by atoms with Gasteiger partial charge in [-0.15, -0.1) is 0 Å². The fourth-order valence-electron chi connectivity index (χ4n) is 1.89. The molecule has 2 rings (SSSR count). The Morgan fingerprint density at radius 2 is 2.17 bits per heavy atom. The topological polar surface area (TPSA) is 94.9 Å². The molecule has 0 aliphatic carbocycles. The molecule has 0 N–H and O–H groups in total. The van der Waals surface area contributed by atoms with Crippen LogP contribution in [-0.4, -0.2) is 48.8 Å². The van der Waals surface area contributed by atoms with Crippen LogP contribution in [0, 0.1) is 0 Å². The fourth-order valence-corrected chi connectivity index (χ4v) is 2.49. The van der Waals surface area contributed by atoms with Crippen molar-refractivity contribution in [1.29, 1.82) is 0 Å². The number of sulfone groups is 1. The number of aromatic nitrogens is 1. The van der Waals surface area contributed by atoms with E-state index in [4.69, 9.17) is 9.57 Å². The van der Waals surface area contributed by atoms with Crippen LogP contribution in [0.3, 0.4) is 0 Å². The molecule has 0 saturated carbocycles. The van der Waals surface area contributed by atoms with Gasteiger partial charge < -0.3 is 9.57 Å². The first-order valence-electron chi connectivity index (χ1n) is 7.32. The molecule has 1 aliphatic rings. The molecule has 1 aliphatic heterocycles. The van der Waals surface area contributed by atoms with Gasteiger partial charge in [0, 0.05) is 29.8 Å². The zero-order valence-electron chi connectivity index (χ0n) is 13.7. The molecule has 0 amide bonds. The molecule has 9 heteroatoms. The molecule has 2 heterocycles. The second-order valence-corrected chi connectivity index (χ2v) is 9.52. The van der Waals surface area contributed by atoms with Gasteiger partial charge in [-0.2, -0.15) is 0 Å². The minimum atomic E-state index is -3.54. The molecule has 1 aromatic heterocycles. The number of pyridine rings is 1. The highest BCUT2D eigenvalue weighted by Gasteiger charge is 2.40. The van der Waals surface area contributed by atoms with Crippen molar-refractivity contribution < 1.29 is 22.8 Å². The normalized spacial score (nSPS) is 18.0. The third kappa shape index (κ3) is 4.32. The number of carbonyl (C=O) groups is 1. The summed E-state index contributed by atoms with van der Waals surface area (Å²) in [4.78, 5) is 21.5. The lowest BCUT2D eigenvalue weighted by molar-refractivity contribution is -0.146. The van der Waals surface area contributed by atoms with Gasteiger partial charge in [-0.1, -0.05) is 5.16 Å². The van der Waals surface area contributed by atoms with Crippen LogP contribution in [0.5, 0.6) is 0 Å². The van der Waals surface area contributed by atoms with Crippen LogP contribution >= 0.6 is 15.9 Å². The summed E-state index contributed by atoms with van der Waals surface area (Å²) in [6.07, 6.45) is 3.45. The van der Waals surface area contributed by atoms with Crippen LogP contribution < -0.4 is 0 Å². The molecule has 7 nitrogen and oxygen atoms in total. The second kappa shape index (κ2) is 7.18. The molecule has 1 unspecified atom stereocenters. The summed E-state index contributed by atoms with van der Waals surface area (Å²) in [5.41, 5.74) is 1.46. The van der Waals surface area contributed by atoms with Crippen LogP contribution in [0.4, 0.5) is 0 Å². The van der Waals surface area contributed by atoms with Crippen molar-refractivity contribution in [2.24, 2.45) is 5.16 Å². The Balaban J connectivity index is 1.81. The third-order valence-electron chi connectivity index (χ3n) is 3.85. The van der Waals surface area contributed by atoms with Crippen LogP contribution in [0.2, 0.25) is 0 Å². The van der Waals surface area contributed by atoms with Crippen LogP contribution in [0.25, 0.3) is 0 Å². The smallest absolute Gasteiger partial charge is 0.326 e. The Morgan fingerprint density at radius 3 is 2.75 bits per heavy atom. The van der Waals surface area contributed by atoms with Crippen molar-refractivity contribution in [3.63, 3.8) is 0 Å². The Morgan fingerprint density at radius 1 is 1.46 bits per heavy atom. The van der Waals surface area contributed by atoms with Crippen molar-refractivity contribution in [2.45, 2.75) is 37.5 Å². The first kappa shape index (κ1) is 18.9. The summed E-state index contributed by atoms with van der Waals surface area (Å²) >= 11 is 3.32. The highest BCUT2D eigenvalue weighted by molar-refractivity contribution is 9.10. The van der Waals surface area contributed by atoms with Crippen molar-refractivity contribution >= 4 is 37.4 Å². The van der Waals surface area contributed by atoms with Gasteiger partial charge in [0.15, 0.2) is 14.6 Å². The minimum Gasteiger partial charge on any atom is -0.464 e. The van der Waals surface area contributed by atoms with Gasteiger partial charge in [-0.25, -0.2) is 8.42 Å². The van der Waals surface area contributed by atoms with Gasteiger partial charge in [0.05, 0.1) is 12.3 Å². The number of ether oxygens (including phenoxy) is 1. The van der Waals surface area contributed by atoms with Gasteiger partial charge in [0.1, 0.15) is 11.8 Å². The highest BCUT2D eigenvalue weighted by Crippen LogP contribution is 2.20. The predicted octanol–water partition coefficient (Wildman–Crippen LogP) is 2.09. The van der Waals surface area contributed by atoms with E-state index in [-0.39, 0.29) is 12.7 Å². The number of hydrogen-bond donors (Lipinski definition) is 0. The van der Waals surface area contributed by atoms with Gasteiger partial charge in [0.2, 0.25) is 0 Å². The summed E-state index contributed by atoms with van der Waals surface area (Å²) < 4.78 is 27.6. The van der Waals surface area contributed by atoms with E-state index in [0.29, 0.717) is 12.8 Å². The molecule has 0 aromatic carbocycles. The summed E-state index contributed by atoms with van der Waals surface area (Å²) in [7, 11) is -3.54. The lowest BCUT2D eigenvalue weighted by Crippen LogP contribution is -2.41. The number of rotatable bonds is 6. The van der Waals surface area contributed by atoms with Gasteiger partial charge in [-0.05, 0) is 41.9 Å². The fraction of sp³-hybridized carbons (Fsp3) is 0.533. The van der Waals surface area contributed by atoms with E-state index >= 15 is 0 Å². The zero-order valence-corrected chi connectivity index (χ0v) is 16.1. The molecule has 0 bridgehead atoms. The van der Waals surface area contributed by atoms with E-state index in [2.05, 4.69) is 26.1 Å². The zero-order chi connectivity index (χ0) is 18.0. The van der Waals surface area contributed by atoms with E-state index in [0.717, 1.165) is 22.1 Å². The monoisotopic (exact) mass is 418 g/mol. The maximum atomic E-state index is 11.9. The van der Waals surface area contributed by atoms with Crippen molar-refractivity contribution in [3.8, 4) is 0 Å². The SMILES string of the molecule is CC(C)(C(=O)OCCC1CC(c2ccc(Br)cn2)=NO1)S(C)(=O)=O. The van der Waals surface area contributed by atoms with Gasteiger partial charge >= 0.3 is 5.97 Å². The number of hydrogen-bond acceptors (Lipinski definition) is 7. The first-order chi connectivity index (χ1) is 11.1. The van der Waals surface area contributed by atoms with Crippen molar-refractivity contribution in [1.82, 2.24) is 4.98 Å². The molecule has 24 heavy (non-hydrogen) atoms. The number of carbonyl (C=O) groups excluding carboxylic acids is 1. The standard InChI is InChI=1S/C15H19BrN2O5S/c1-15(2,24(3,20)21)14(19)22-7-6-11-8-13(18-23-11)12-5-4-10(16)9-17-12/h4-5,9,11H,6-8H2,1-3H3. The number of nitrogens with zero attached hydrogens (tertiary/aromatic N) is 2.